The number of hydrogen-bond acceptors (Lipinski definition) is 7. The number of fused-ring (bicyclic) bond motifs is 1. The summed E-state index contributed by atoms with van der Waals surface area (Å²) in [4.78, 5) is 0. The number of hydrogen-bond donors (Lipinski definition) is 1. The first-order valence-electron chi connectivity index (χ1n) is 9.62. The number of anilines is 2. The van der Waals surface area contributed by atoms with E-state index in [1.807, 2.05) is 65.7 Å². The van der Waals surface area contributed by atoms with Crippen LogP contribution in [-0.2, 0) is 6.54 Å². The summed E-state index contributed by atoms with van der Waals surface area (Å²) in [5.41, 5.74) is 10.7. The molecule has 0 bridgehead atoms. The van der Waals surface area contributed by atoms with E-state index in [1.54, 1.807) is 17.3 Å². The summed E-state index contributed by atoms with van der Waals surface area (Å²) in [5.74, 6) is 1.37. The van der Waals surface area contributed by atoms with Gasteiger partial charge in [-0.3, -0.25) is 5.01 Å². The second-order valence-corrected chi connectivity index (χ2v) is 7.05. The maximum atomic E-state index is 9.69. The van der Waals surface area contributed by atoms with Crippen LogP contribution in [0.15, 0.2) is 73.3 Å². The number of nitrogens with zero attached hydrogens (tertiary/aromatic N) is 5. The van der Waals surface area contributed by atoms with Crippen LogP contribution in [0.4, 0.5) is 11.4 Å². The number of benzene rings is 3. The quantitative estimate of drug-likeness (QED) is 0.502. The maximum absolute atomic E-state index is 9.69. The molecule has 0 atom stereocenters. The molecule has 0 amide bonds. The topological polar surface area (TPSA) is 102 Å². The second-order valence-electron chi connectivity index (χ2n) is 7.05. The van der Waals surface area contributed by atoms with Crippen LogP contribution < -0.4 is 20.2 Å². The van der Waals surface area contributed by atoms with Gasteiger partial charge >= 0.3 is 0 Å². The largest absolute Gasteiger partial charge is 0.454 e. The van der Waals surface area contributed by atoms with E-state index in [2.05, 4.69) is 16.3 Å². The van der Waals surface area contributed by atoms with E-state index >= 15 is 0 Å². The predicted octanol–water partition coefficient (Wildman–Crippen LogP) is 3.60. The van der Waals surface area contributed by atoms with Crippen LogP contribution in [0, 0.1) is 11.3 Å². The lowest BCUT2D eigenvalue weighted by Gasteiger charge is -2.26. The van der Waals surface area contributed by atoms with E-state index < -0.39 is 0 Å². The molecule has 4 aromatic rings. The minimum Gasteiger partial charge on any atom is -0.454 e. The van der Waals surface area contributed by atoms with E-state index in [9.17, 15) is 5.26 Å². The number of nitrogen functional groups attached to an aromatic ring is 1. The Morgan fingerprint density at radius 1 is 0.968 bits per heavy atom. The molecule has 31 heavy (non-hydrogen) atoms. The Labute approximate surface area is 178 Å². The van der Waals surface area contributed by atoms with Crippen molar-refractivity contribution in [3.05, 3.63) is 84.4 Å². The van der Waals surface area contributed by atoms with E-state index in [4.69, 9.17) is 15.2 Å². The molecule has 1 aliphatic rings. The lowest BCUT2D eigenvalue weighted by Crippen LogP contribution is -2.27. The number of nitrogens with two attached hydrogens (primary N) is 1. The Kier molecular flexibility index (Phi) is 4.61. The minimum atomic E-state index is 0.201. The van der Waals surface area contributed by atoms with Gasteiger partial charge < -0.3 is 15.2 Å². The average Bonchev–Trinajstić information content (AvgIpc) is 3.50. The van der Waals surface area contributed by atoms with Crippen molar-refractivity contribution in [3.63, 3.8) is 0 Å². The Hall–Kier alpha value is -4.51. The monoisotopic (exact) mass is 410 g/mol. The lowest BCUT2D eigenvalue weighted by molar-refractivity contribution is 0.174. The van der Waals surface area contributed by atoms with Crippen molar-refractivity contribution < 1.29 is 9.47 Å². The molecule has 1 aliphatic heterocycles. The molecule has 0 radical (unpaired) electrons. The number of ether oxygens (including phenoxy) is 2. The highest BCUT2D eigenvalue weighted by Gasteiger charge is 2.17. The Morgan fingerprint density at radius 3 is 2.52 bits per heavy atom. The highest BCUT2D eigenvalue weighted by atomic mass is 16.7. The fourth-order valence-electron chi connectivity index (χ4n) is 3.52. The summed E-state index contributed by atoms with van der Waals surface area (Å²) in [5, 5.41) is 19.6. The highest BCUT2D eigenvalue weighted by molar-refractivity contribution is 5.76. The molecule has 2 heterocycles. The summed E-state index contributed by atoms with van der Waals surface area (Å²) < 4.78 is 12.7. The normalized spacial score (nSPS) is 11.8. The third-order valence-corrected chi connectivity index (χ3v) is 5.10. The van der Waals surface area contributed by atoms with Gasteiger partial charge in [-0.15, -0.1) is 10.2 Å². The van der Waals surface area contributed by atoms with Gasteiger partial charge in [-0.1, -0.05) is 18.2 Å². The molecule has 1 aromatic heterocycles. The lowest BCUT2D eigenvalue weighted by atomic mass is 9.99. The van der Waals surface area contributed by atoms with Crippen LogP contribution in [0.1, 0.15) is 11.1 Å². The molecule has 0 aliphatic carbocycles. The summed E-state index contributed by atoms with van der Waals surface area (Å²) in [6.07, 6.45) is 3.27. The number of nitriles is 1. The Bertz CT molecular complexity index is 1260. The van der Waals surface area contributed by atoms with Crippen molar-refractivity contribution >= 4 is 11.4 Å². The summed E-state index contributed by atoms with van der Waals surface area (Å²) >= 11 is 0. The average molecular weight is 410 g/mol. The number of rotatable bonds is 5. The van der Waals surface area contributed by atoms with Crippen LogP contribution in [0.3, 0.4) is 0 Å². The smallest absolute Gasteiger partial charge is 0.231 e. The molecule has 5 rings (SSSR count). The zero-order valence-electron chi connectivity index (χ0n) is 16.5. The molecule has 0 spiro atoms. The summed E-state index contributed by atoms with van der Waals surface area (Å²) in [7, 11) is 0. The van der Waals surface area contributed by atoms with Gasteiger partial charge in [0.25, 0.3) is 0 Å². The maximum Gasteiger partial charge on any atom is 0.231 e. The fraction of sp³-hybridized carbons (Fsp3) is 0.0870. The van der Waals surface area contributed by atoms with Gasteiger partial charge in [0.05, 0.1) is 23.9 Å². The molecule has 0 saturated heterocycles. The molecule has 2 N–H and O–H groups in total. The Morgan fingerprint density at radius 2 is 1.74 bits per heavy atom. The van der Waals surface area contributed by atoms with Gasteiger partial charge in [-0.05, 0) is 53.6 Å². The van der Waals surface area contributed by atoms with Crippen LogP contribution in [0.2, 0.25) is 0 Å². The van der Waals surface area contributed by atoms with Crippen LogP contribution in [0.25, 0.3) is 11.1 Å². The molecule has 152 valence electrons. The third kappa shape index (κ3) is 3.60. The number of aromatic nitrogens is 3. The molecule has 0 fully saturated rings. The summed E-state index contributed by atoms with van der Waals surface area (Å²) in [6.45, 7) is 0.762. The van der Waals surface area contributed by atoms with Gasteiger partial charge in [0.1, 0.15) is 12.7 Å². The molecule has 0 unspecified atom stereocenters. The Balaban J connectivity index is 1.58. The van der Waals surface area contributed by atoms with Gasteiger partial charge in [0.2, 0.25) is 6.79 Å². The van der Waals surface area contributed by atoms with Gasteiger partial charge in [0.15, 0.2) is 11.5 Å². The summed E-state index contributed by atoms with van der Waals surface area (Å²) in [6, 6.07) is 21.4. The van der Waals surface area contributed by atoms with Crippen LogP contribution in [-0.4, -0.2) is 21.7 Å². The fourth-order valence-corrected chi connectivity index (χ4v) is 3.52. The van der Waals surface area contributed by atoms with E-state index in [1.165, 1.54) is 0 Å². The molecule has 3 aromatic carbocycles. The first-order valence-corrected chi connectivity index (χ1v) is 9.62. The molecule has 0 saturated carbocycles. The van der Waals surface area contributed by atoms with E-state index in [-0.39, 0.29) is 6.79 Å². The zero-order valence-corrected chi connectivity index (χ0v) is 16.5. The second kappa shape index (κ2) is 7.72. The SMILES string of the molecule is N#Cc1ccc(N(Cc2ccc(N)cc2)n2cnnc2)cc1-c1ccc2c(c1)OCO2. The van der Waals surface area contributed by atoms with E-state index in [0.29, 0.717) is 29.3 Å². The molecular weight excluding hydrogens is 392 g/mol. The van der Waals surface area contributed by atoms with Crippen molar-refractivity contribution in [1.29, 1.82) is 5.26 Å². The predicted molar refractivity (Wildman–Crippen MR) is 115 cm³/mol. The first-order chi connectivity index (χ1) is 15.2. The minimum absolute atomic E-state index is 0.201. The van der Waals surface area contributed by atoms with Gasteiger partial charge in [-0.25, -0.2) is 4.68 Å². The molecule has 8 heteroatoms. The first kappa shape index (κ1) is 18.5. The molecule has 8 nitrogen and oxygen atoms in total. The van der Waals surface area contributed by atoms with Crippen LogP contribution in [0.5, 0.6) is 11.5 Å². The third-order valence-electron chi connectivity index (χ3n) is 5.10. The standard InChI is InChI=1S/C23H18N6O2/c24-11-18-3-7-20(10-21(18)17-4-8-22-23(9-17)31-15-30-22)29(28-13-26-27-14-28)12-16-1-5-19(25)6-2-16/h1-10,13-14H,12,15,25H2. The van der Waals surface area contributed by atoms with Gasteiger partial charge in [-0.2, -0.15) is 5.26 Å². The highest BCUT2D eigenvalue weighted by Crippen LogP contribution is 2.38. The van der Waals surface area contributed by atoms with Crippen molar-refractivity contribution in [2.45, 2.75) is 6.54 Å². The van der Waals surface area contributed by atoms with Crippen molar-refractivity contribution in [3.8, 4) is 28.7 Å². The van der Waals surface area contributed by atoms with Crippen molar-refractivity contribution in [2.75, 3.05) is 17.5 Å². The van der Waals surface area contributed by atoms with Crippen molar-refractivity contribution in [1.82, 2.24) is 14.9 Å². The van der Waals surface area contributed by atoms with E-state index in [0.717, 1.165) is 22.4 Å². The molecular formula is C23H18N6O2. The van der Waals surface area contributed by atoms with Gasteiger partial charge in [0, 0.05) is 11.3 Å². The van der Waals surface area contributed by atoms with Crippen LogP contribution >= 0.6 is 0 Å². The zero-order chi connectivity index (χ0) is 21.2. The van der Waals surface area contributed by atoms with Crippen molar-refractivity contribution in [2.24, 2.45) is 0 Å².